The molecule has 0 fully saturated rings. The molecule has 3 N–H and O–H groups in total. The number of guanidine groups is 1. The van der Waals surface area contributed by atoms with Crippen LogP contribution >= 0.6 is 24.0 Å². The highest BCUT2D eigenvalue weighted by molar-refractivity contribution is 14.0. The fourth-order valence-corrected chi connectivity index (χ4v) is 2.47. The molecule has 0 saturated carbocycles. The van der Waals surface area contributed by atoms with Crippen LogP contribution in [0.4, 0.5) is 0 Å². The summed E-state index contributed by atoms with van der Waals surface area (Å²) in [5, 5.41) is 21.3. The molecule has 0 aliphatic rings. The molecule has 1 atom stereocenters. The zero-order valence-corrected chi connectivity index (χ0v) is 17.8. The molecule has 1 unspecified atom stereocenters. The number of aryl methyl sites for hydroxylation is 2. The lowest BCUT2D eigenvalue weighted by atomic mass is 10.0. The number of furan rings is 1. The Hall–Kier alpha value is -1.55. The molecular weight excluding hydrogens is 433 g/mol. The van der Waals surface area contributed by atoms with Crippen molar-refractivity contribution in [3.8, 4) is 0 Å². The Kier molecular flexibility index (Phi) is 7.94. The van der Waals surface area contributed by atoms with Gasteiger partial charge in [-0.3, -0.25) is 4.68 Å². The third-order valence-corrected chi connectivity index (χ3v) is 4.05. The van der Waals surface area contributed by atoms with Gasteiger partial charge >= 0.3 is 0 Å². The maximum Gasteiger partial charge on any atom is 0.191 e. The Morgan fingerprint density at radius 1 is 1.40 bits per heavy atom. The van der Waals surface area contributed by atoms with Crippen LogP contribution < -0.4 is 10.6 Å². The van der Waals surface area contributed by atoms with E-state index in [1.54, 1.807) is 25.3 Å². The normalized spacial score (nSPS) is 13.9. The van der Waals surface area contributed by atoms with Crippen LogP contribution in [0.2, 0.25) is 0 Å². The van der Waals surface area contributed by atoms with Crippen molar-refractivity contribution >= 4 is 29.9 Å². The van der Waals surface area contributed by atoms with Crippen molar-refractivity contribution in [1.82, 2.24) is 20.4 Å². The van der Waals surface area contributed by atoms with E-state index in [1.807, 2.05) is 32.5 Å². The molecule has 140 valence electrons. The molecular formula is C17H28IN5O2. The molecule has 7 nitrogen and oxygen atoms in total. The van der Waals surface area contributed by atoms with Crippen LogP contribution in [0, 0.1) is 13.8 Å². The third-order valence-electron chi connectivity index (χ3n) is 4.05. The van der Waals surface area contributed by atoms with Gasteiger partial charge in [-0.25, -0.2) is 4.99 Å². The van der Waals surface area contributed by atoms with Crippen LogP contribution in [0.5, 0.6) is 0 Å². The maximum absolute atomic E-state index is 10.5. The summed E-state index contributed by atoms with van der Waals surface area (Å²) in [6.07, 6.45) is 1.55. The van der Waals surface area contributed by atoms with E-state index in [2.05, 4.69) is 20.7 Å². The minimum Gasteiger partial charge on any atom is -0.466 e. The van der Waals surface area contributed by atoms with Crippen molar-refractivity contribution in [2.75, 3.05) is 13.1 Å². The topological polar surface area (TPSA) is 87.6 Å². The first-order valence-corrected chi connectivity index (χ1v) is 8.12. The molecule has 0 aromatic carbocycles. The molecule has 0 aliphatic carbocycles. The predicted octanol–water partition coefficient (Wildman–Crippen LogP) is 2.21. The first-order valence-electron chi connectivity index (χ1n) is 8.12. The number of nitrogens with one attached hydrogen (secondary N) is 2. The van der Waals surface area contributed by atoms with Crippen molar-refractivity contribution in [3.05, 3.63) is 41.1 Å². The molecule has 0 aliphatic heterocycles. The van der Waals surface area contributed by atoms with Crippen molar-refractivity contribution < 1.29 is 9.52 Å². The van der Waals surface area contributed by atoms with Gasteiger partial charge in [-0.1, -0.05) is 0 Å². The highest BCUT2D eigenvalue weighted by Gasteiger charge is 2.26. The molecule has 0 bridgehead atoms. The number of hydrogen-bond acceptors (Lipinski definition) is 4. The second-order valence-electron chi connectivity index (χ2n) is 6.07. The average Bonchev–Trinajstić information content (AvgIpc) is 3.14. The van der Waals surface area contributed by atoms with E-state index < -0.39 is 5.60 Å². The van der Waals surface area contributed by atoms with E-state index in [1.165, 1.54) is 0 Å². The van der Waals surface area contributed by atoms with E-state index in [4.69, 9.17) is 4.42 Å². The van der Waals surface area contributed by atoms with E-state index in [-0.39, 0.29) is 30.5 Å². The lowest BCUT2D eigenvalue weighted by Gasteiger charge is -2.22. The van der Waals surface area contributed by atoms with Gasteiger partial charge in [0.05, 0.1) is 25.0 Å². The SMILES string of the molecule is CCNC(=NCc1c(C)nn(C)c1C)NCC(C)(O)c1ccco1.I. The van der Waals surface area contributed by atoms with Crippen LogP contribution in [-0.4, -0.2) is 33.9 Å². The first kappa shape index (κ1) is 21.5. The van der Waals surface area contributed by atoms with E-state index in [0.29, 0.717) is 18.3 Å². The average molecular weight is 461 g/mol. The summed E-state index contributed by atoms with van der Waals surface area (Å²) in [5.41, 5.74) is 2.10. The zero-order chi connectivity index (χ0) is 17.7. The van der Waals surface area contributed by atoms with Gasteiger partial charge in [0.1, 0.15) is 11.4 Å². The molecule has 2 rings (SSSR count). The minimum atomic E-state index is -1.11. The van der Waals surface area contributed by atoms with Gasteiger partial charge in [-0.15, -0.1) is 24.0 Å². The fraction of sp³-hybridized carbons (Fsp3) is 0.529. The Bertz CT molecular complexity index is 692. The van der Waals surface area contributed by atoms with Gasteiger partial charge in [0, 0.05) is 24.8 Å². The number of aliphatic hydroxyl groups is 1. The summed E-state index contributed by atoms with van der Waals surface area (Å²) in [7, 11) is 1.93. The first-order chi connectivity index (χ1) is 11.3. The van der Waals surface area contributed by atoms with Gasteiger partial charge in [0.15, 0.2) is 5.96 Å². The molecule has 0 saturated heterocycles. The van der Waals surface area contributed by atoms with Crippen LogP contribution in [0.3, 0.4) is 0 Å². The van der Waals surface area contributed by atoms with Crippen molar-refractivity contribution in [3.63, 3.8) is 0 Å². The Balaban J connectivity index is 0.00000312. The third kappa shape index (κ3) is 5.46. The molecule has 8 heteroatoms. The van der Waals surface area contributed by atoms with Crippen LogP contribution in [0.15, 0.2) is 27.8 Å². The standard InChI is InChI=1S/C17H27N5O2.HI/c1-6-18-16(19-10-14-12(2)21-22(5)13(14)3)20-11-17(4,23)15-8-7-9-24-15;/h7-9,23H,6,10-11H2,1-5H3,(H2,18,19,20);1H. The molecule has 0 spiro atoms. The molecule has 0 amide bonds. The lowest BCUT2D eigenvalue weighted by molar-refractivity contribution is 0.0386. The van der Waals surface area contributed by atoms with Crippen LogP contribution in [-0.2, 0) is 19.2 Å². The molecule has 2 aromatic rings. The van der Waals surface area contributed by atoms with Crippen LogP contribution in [0.1, 0.15) is 36.6 Å². The highest BCUT2D eigenvalue weighted by Crippen LogP contribution is 2.19. The van der Waals surface area contributed by atoms with Gasteiger partial charge in [-0.05, 0) is 39.8 Å². The molecule has 0 radical (unpaired) electrons. The maximum atomic E-state index is 10.5. The lowest BCUT2D eigenvalue weighted by Crippen LogP contribution is -2.44. The Labute approximate surface area is 165 Å². The monoisotopic (exact) mass is 461 g/mol. The summed E-state index contributed by atoms with van der Waals surface area (Å²) >= 11 is 0. The Morgan fingerprint density at radius 2 is 2.12 bits per heavy atom. The minimum absolute atomic E-state index is 0. The van der Waals surface area contributed by atoms with Crippen LogP contribution in [0.25, 0.3) is 0 Å². The summed E-state index contributed by atoms with van der Waals surface area (Å²) in [4.78, 5) is 4.60. The summed E-state index contributed by atoms with van der Waals surface area (Å²) < 4.78 is 7.16. The van der Waals surface area contributed by atoms with E-state index in [0.717, 1.165) is 23.5 Å². The summed E-state index contributed by atoms with van der Waals surface area (Å²) in [5.74, 6) is 1.16. The number of rotatable bonds is 6. The second kappa shape index (κ2) is 9.23. The number of aromatic nitrogens is 2. The fourth-order valence-electron chi connectivity index (χ4n) is 2.47. The van der Waals surface area contributed by atoms with Gasteiger partial charge < -0.3 is 20.2 Å². The van der Waals surface area contributed by atoms with E-state index in [9.17, 15) is 5.11 Å². The molecule has 2 heterocycles. The van der Waals surface area contributed by atoms with Gasteiger partial charge in [0.2, 0.25) is 0 Å². The number of aliphatic imine (C=N–C) groups is 1. The number of nitrogens with zero attached hydrogens (tertiary/aromatic N) is 3. The van der Waals surface area contributed by atoms with Crippen molar-refractivity contribution in [2.24, 2.45) is 12.0 Å². The molecule has 2 aromatic heterocycles. The van der Waals surface area contributed by atoms with Crippen molar-refractivity contribution in [2.45, 2.75) is 39.8 Å². The number of hydrogen-bond donors (Lipinski definition) is 3. The largest absolute Gasteiger partial charge is 0.466 e. The smallest absolute Gasteiger partial charge is 0.191 e. The Morgan fingerprint density at radius 3 is 2.64 bits per heavy atom. The van der Waals surface area contributed by atoms with Gasteiger partial charge in [-0.2, -0.15) is 5.10 Å². The number of halogens is 1. The van der Waals surface area contributed by atoms with Crippen molar-refractivity contribution in [1.29, 1.82) is 0 Å². The quantitative estimate of drug-likeness (QED) is 0.349. The molecule has 25 heavy (non-hydrogen) atoms. The van der Waals surface area contributed by atoms with E-state index >= 15 is 0 Å². The van der Waals surface area contributed by atoms with Gasteiger partial charge in [0.25, 0.3) is 0 Å². The second-order valence-corrected chi connectivity index (χ2v) is 6.07. The zero-order valence-electron chi connectivity index (χ0n) is 15.5. The highest BCUT2D eigenvalue weighted by atomic mass is 127. The summed E-state index contributed by atoms with van der Waals surface area (Å²) in [6.45, 7) is 9.29. The predicted molar refractivity (Wildman–Crippen MR) is 109 cm³/mol. The summed E-state index contributed by atoms with van der Waals surface area (Å²) in [6, 6.07) is 3.52.